The minimum absolute atomic E-state index is 0.129. The van der Waals surface area contributed by atoms with Gasteiger partial charge in [0.15, 0.2) is 11.6 Å². The Bertz CT molecular complexity index is 1150. The van der Waals surface area contributed by atoms with Crippen LogP contribution in [0.1, 0.15) is 5.56 Å². The Kier molecular flexibility index (Phi) is 5.42. The molecule has 0 bridgehead atoms. The van der Waals surface area contributed by atoms with Gasteiger partial charge in [0.25, 0.3) is 0 Å². The summed E-state index contributed by atoms with van der Waals surface area (Å²) in [6.45, 7) is 0. The van der Waals surface area contributed by atoms with E-state index in [2.05, 4.69) is 25.9 Å². The van der Waals surface area contributed by atoms with Gasteiger partial charge >= 0.3 is 0 Å². The van der Waals surface area contributed by atoms with Crippen LogP contribution in [0.5, 0.6) is 0 Å². The SMILES string of the molecule is O=C(Cc1ccc(F)cc1F)Nc1ccc(Nc2ccc(-n3cccn3)nn2)cc1. The van der Waals surface area contributed by atoms with Gasteiger partial charge in [0.2, 0.25) is 5.91 Å². The van der Waals surface area contributed by atoms with E-state index in [9.17, 15) is 13.6 Å². The van der Waals surface area contributed by atoms with Crippen molar-refractivity contribution in [1.82, 2.24) is 20.0 Å². The van der Waals surface area contributed by atoms with E-state index in [0.29, 0.717) is 17.3 Å². The number of benzene rings is 2. The zero-order valence-electron chi connectivity index (χ0n) is 15.6. The van der Waals surface area contributed by atoms with Gasteiger partial charge in [-0.2, -0.15) is 5.10 Å². The molecular weight excluding hydrogens is 390 g/mol. The van der Waals surface area contributed by atoms with Gasteiger partial charge in [-0.3, -0.25) is 4.79 Å². The van der Waals surface area contributed by atoms with Gasteiger partial charge in [-0.05, 0) is 54.1 Å². The molecule has 2 heterocycles. The maximum Gasteiger partial charge on any atom is 0.228 e. The van der Waals surface area contributed by atoms with Crippen LogP contribution in [0.2, 0.25) is 0 Å². The van der Waals surface area contributed by atoms with Gasteiger partial charge < -0.3 is 10.6 Å². The molecule has 0 aliphatic carbocycles. The van der Waals surface area contributed by atoms with Gasteiger partial charge in [-0.1, -0.05) is 6.07 Å². The normalized spacial score (nSPS) is 10.6. The number of carbonyl (C=O) groups is 1. The number of nitrogens with one attached hydrogen (secondary N) is 2. The van der Waals surface area contributed by atoms with Gasteiger partial charge in [0, 0.05) is 29.8 Å². The number of nitrogens with zero attached hydrogens (tertiary/aromatic N) is 4. The van der Waals surface area contributed by atoms with Crippen molar-refractivity contribution in [3.8, 4) is 5.82 Å². The maximum absolute atomic E-state index is 13.7. The summed E-state index contributed by atoms with van der Waals surface area (Å²) in [5, 5.41) is 18.1. The molecule has 2 N–H and O–H groups in total. The lowest BCUT2D eigenvalue weighted by molar-refractivity contribution is -0.115. The summed E-state index contributed by atoms with van der Waals surface area (Å²) in [6.07, 6.45) is 3.24. The van der Waals surface area contributed by atoms with Crippen molar-refractivity contribution < 1.29 is 13.6 Å². The number of halogens is 2. The second kappa shape index (κ2) is 8.48. The van der Waals surface area contributed by atoms with Crippen molar-refractivity contribution in [1.29, 1.82) is 0 Å². The van der Waals surface area contributed by atoms with Crippen LogP contribution >= 0.6 is 0 Å². The van der Waals surface area contributed by atoms with Crippen LogP contribution in [0.4, 0.5) is 26.0 Å². The summed E-state index contributed by atoms with van der Waals surface area (Å²) in [4.78, 5) is 12.1. The zero-order valence-corrected chi connectivity index (χ0v) is 15.6. The second-order valence-corrected chi connectivity index (χ2v) is 6.39. The first-order valence-electron chi connectivity index (χ1n) is 9.01. The fourth-order valence-electron chi connectivity index (χ4n) is 2.75. The second-order valence-electron chi connectivity index (χ2n) is 6.39. The molecule has 2 aromatic heterocycles. The number of rotatable bonds is 6. The van der Waals surface area contributed by atoms with E-state index in [1.807, 2.05) is 0 Å². The summed E-state index contributed by atoms with van der Waals surface area (Å²) in [5.41, 5.74) is 1.43. The molecule has 4 rings (SSSR count). The molecule has 9 heteroatoms. The summed E-state index contributed by atoms with van der Waals surface area (Å²) < 4.78 is 28.2. The number of amides is 1. The van der Waals surface area contributed by atoms with E-state index in [1.54, 1.807) is 59.5 Å². The van der Waals surface area contributed by atoms with E-state index in [0.717, 1.165) is 17.8 Å². The van der Waals surface area contributed by atoms with Crippen molar-refractivity contribution in [2.75, 3.05) is 10.6 Å². The highest BCUT2D eigenvalue weighted by molar-refractivity contribution is 5.92. The maximum atomic E-state index is 13.7. The molecule has 0 saturated heterocycles. The first-order valence-corrected chi connectivity index (χ1v) is 9.01. The van der Waals surface area contributed by atoms with Gasteiger partial charge in [0.05, 0.1) is 6.42 Å². The standard InChI is InChI=1S/C21H16F2N6O/c22-15-3-2-14(18(23)13-15)12-21(30)26-17-6-4-16(5-7-17)25-19-8-9-20(28-27-19)29-11-1-10-24-29/h1-11,13H,12H2,(H,25,27)(H,26,30). The third-order valence-corrected chi connectivity index (χ3v) is 4.20. The van der Waals surface area contributed by atoms with Crippen molar-refractivity contribution >= 4 is 23.1 Å². The van der Waals surface area contributed by atoms with E-state index >= 15 is 0 Å². The minimum atomic E-state index is -0.746. The first-order chi connectivity index (χ1) is 14.6. The van der Waals surface area contributed by atoms with E-state index in [-0.39, 0.29) is 12.0 Å². The molecule has 0 saturated carbocycles. The quantitative estimate of drug-likeness (QED) is 0.508. The van der Waals surface area contributed by atoms with Gasteiger partial charge in [0.1, 0.15) is 11.6 Å². The number of anilines is 3. The highest BCUT2D eigenvalue weighted by atomic mass is 19.1. The molecule has 0 unspecified atom stereocenters. The summed E-state index contributed by atoms with van der Waals surface area (Å²) in [7, 11) is 0. The van der Waals surface area contributed by atoms with Gasteiger partial charge in [-0.25, -0.2) is 13.5 Å². The highest BCUT2D eigenvalue weighted by Crippen LogP contribution is 2.18. The van der Waals surface area contributed by atoms with Crippen LogP contribution in [-0.4, -0.2) is 25.9 Å². The Labute approximate surface area is 170 Å². The molecule has 4 aromatic rings. The van der Waals surface area contributed by atoms with E-state index in [1.165, 1.54) is 6.07 Å². The van der Waals surface area contributed by atoms with E-state index < -0.39 is 17.5 Å². The van der Waals surface area contributed by atoms with Crippen molar-refractivity contribution in [2.45, 2.75) is 6.42 Å². The predicted molar refractivity (Wildman–Crippen MR) is 108 cm³/mol. The van der Waals surface area contributed by atoms with Crippen LogP contribution in [0, 0.1) is 11.6 Å². The average molecular weight is 406 g/mol. The van der Waals surface area contributed by atoms with Crippen molar-refractivity contribution in [2.24, 2.45) is 0 Å². The first kappa shape index (κ1) is 19.2. The van der Waals surface area contributed by atoms with Crippen LogP contribution in [0.15, 0.2) is 73.1 Å². The van der Waals surface area contributed by atoms with Crippen LogP contribution in [-0.2, 0) is 11.2 Å². The molecule has 0 aliphatic heterocycles. The Hall–Kier alpha value is -4.14. The molecule has 0 aliphatic rings. The monoisotopic (exact) mass is 406 g/mol. The zero-order chi connectivity index (χ0) is 20.9. The van der Waals surface area contributed by atoms with Crippen molar-refractivity contribution in [3.05, 3.63) is 90.3 Å². The summed E-state index contributed by atoms with van der Waals surface area (Å²) >= 11 is 0. The average Bonchev–Trinajstić information content (AvgIpc) is 3.27. The molecule has 0 atom stereocenters. The third kappa shape index (κ3) is 4.64. The molecule has 1 amide bonds. The number of aromatic nitrogens is 4. The molecule has 150 valence electrons. The third-order valence-electron chi connectivity index (χ3n) is 4.20. The Morgan fingerprint density at radius 2 is 1.77 bits per heavy atom. The number of hydrogen-bond donors (Lipinski definition) is 2. The smallest absolute Gasteiger partial charge is 0.228 e. The topological polar surface area (TPSA) is 84.7 Å². The Balaban J connectivity index is 1.35. The number of hydrogen-bond acceptors (Lipinski definition) is 5. The van der Waals surface area contributed by atoms with Crippen LogP contribution in [0.3, 0.4) is 0 Å². The minimum Gasteiger partial charge on any atom is -0.339 e. The highest BCUT2D eigenvalue weighted by Gasteiger charge is 2.10. The fraction of sp³-hybridized carbons (Fsp3) is 0.0476. The lowest BCUT2D eigenvalue weighted by Crippen LogP contribution is -2.15. The lowest BCUT2D eigenvalue weighted by Gasteiger charge is -2.09. The molecule has 0 fully saturated rings. The summed E-state index contributed by atoms with van der Waals surface area (Å²) in [5.74, 6) is -0.679. The molecule has 0 radical (unpaired) electrons. The number of carbonyl (C=O) groups excluding carboxylic acids is 1. The fourth-order valence-corrected chi connectivity index (χ4v) is 2.75. The molecule has 0 spiro atoms. The Morgan fingerprint density at radius 3 is 2.43 bits per heavy atom. The van der Waals surface area contributed by atoms with Crippen molar-refractivity contribution in [3.63, 3.8) is 0 Å². The van der Waals surface area contributed by atoms with Crippen LogP contribution in [0.25, 0.3) is 5.82 Å². The molecular formula is C21H16F2N6O. The van der Waals surface area contributed by atoms with Gasteiger partial charge in [-0.15, -0.1) is 10.2 Å². The largest absolute Gasteiger partial charge is 0.339 e. The predicted octanol–water partition coefficient (Wildman–Crippen LogP) is 3.87. The Morgan fingerprint density at radius 1 is 0.967 bits per heavy atom. The molecule has 2 aromatic carbocycles. The summed E-state index contributed by atoms with van der Waals surface area (Å²) in [6, 6.07) is 15.4. The molecule has 7 nitrogen and oxygen atoms in total. The lowest BCUT2D eigenvalue weighted by atomic mass is 10.1. The van der Waals surface area contributed by atoms with E-state index in [4.69, 9.17) is 0 Å². The van der Waals surface area contributed by atoms with Crippen LogP contribution < -0.4 is 10.6 Å². The molecule has 30 heavy (non-hydrogen) atoms.